The van der Waals surface area contributed by atoms with Crippen LogP contribution < -0.4 is 0 Å². The number of aryl methyl sites for hydroxylation is 1. The van der Waals surface area contributed by atoms with Crippen LogP contribution >= 0.6 is 15.9 Å². The fourth-order valence-corrected chi connectivity index (χ4v) is 2.94. The van der Waals surface area contributed by atoms with E-state index >= 15 is 0 Å². The molecule has 5 nitrogen and oxygen atoms in total. The quantitative estimate of drug-likeness (QED) is 0.915. The lowest BCUT2D eigenvalue weighted by atomic mass is 9.94. The van der Waals surface area contributed by atoms with Gasteiger partial charge >= 0.3 is 0 Å². The summed E-state index contributed by atoms with van der Waals surface area (Å²) in [6.45, 7) is 3.46. The molecule has 1 N–H and O–H groups in total. The number of hydrogen-bond acceptors (Lipinski definition) is 3. The maximum atomic E-state index is 12.4. The third kappa shape index (κ3) is 2.65. The minimum atomic E-state index is -0.0485. The lowest BCUT2D eigenvalue weighted by Crippen LogP contribution is -2.39. The van der Waals surface area contributed by atoms with E-state index in [0.29, 0.717) is 22.9 Å². The molecule has 0 bridgehead atoms. The number of amides is 1. The summed E-state index contributed by atoms with van der Waals surface area (Å²) in [5.74, 6) is 0.638. The number of nitrogens with one attached hydrogen (secondary N) is 1. The summed E-state index contributed by atoms with van der Waals surface area (Å²) in [6, 6.07) is 5.50. The van der Waals surface area contributed by atoms with Gasteiger partial charge in [-0.1, -0.05) is 0 Å². The summed E-state index contributed by atoms with van der Waals surface area (Å²) in [5, 5.41) is 7.28. The Kier molecular flexibility index (Phi) is 3.65. The third-order valence-electron chi connectivity index (χ3n) is 3.64. The predicted molar refractivity (Wildman–Crippen MR) is 77.6 cm³/mol. The first-order valence-electron chi connectivity index (χ1n) is 6.70. The first-order chi connectivity index (χ1) is 9.63. The molecule has 0 spiro atoms. The van der Waals surface area contributed by atoms with Crippen molar-refractivity contribution in [2.24, 2.45) is 0 Å². The molecule has 0 aliphatic carbocycles. The zero-order valence-corrected chi connectivity index (χ0v) is 12.8. The molecule has 3 rings (SSSR count). The van der Waals surface area contributed by atoms with Crippen molar-refractivity contribution in [1.82, 2.24) is 15.1 Å². The minimum absolute atomic E-state index is 0.0485. The van der Waals surface area contributed by atoms with Gasteiger partial charge in [-0.2, -0.15) is 5.10 Å². The molecule has 2 aromatic rings. The first-order valence-corrected chi connectivity index (χ1v) is 7.49. The number of aromatic amines is 1. The number of piperidine rings is 1. The highest BCUT2D eigenvalue weighted by molar-refractivity contribution is 9.10. The van der Waals surface area contributed by atoms with Crippen LogP contribution in [0.5, 0.6) is 0 Å². The summed E-state index contributed by atoms with van der Waals surface area (Å²) in [6.07, 6.45) is 2.06. The van der Waals surface area contributed by atoms with Gasteiger partial charge in [0, 0.05) is 24.7 Å². The van der Waals surface area contributed by atoms with Crippen LogP contribution in [0.3, 0.4) is 0 Å². The maximum absolute atomic E-state index is 12.4. The molecule has 106 valence electrons. The van der Waals surface area contributed by atoms with Gasteiger partial charge in [0.05, 0.1) is 5.69 Å². The third-order valence-corrected chi connectivity index (χ3v) is 4.06. The standard InChI is InChI=1S/C14H16BrN3O2/c1-9-7-11(17-16-9)10-3-2-6-18(8-10)14(19)12-4-5-13(15)20-12/h4-5,7,10H,2-3,6,8H2,1H3,(H,16,17). The Hall–Kier alpha value is -1.56. The molecule has 1 saturated heterocycles. The van der Waals surface area contributed by atoms with Gasteiger partial charge in [0.25, 0.3) is 5.91 Å². The van der Waals surface area contributed by atoms with Crippen LogP contribution in [0.4, 0.5) is 0 Å². The molecule has 1 atom stereocenters. The average Bonchev–Trinajstić information content (AvgIpc) is 3.07. The molecule has 3 heterocycles. The van der Waals surface area contributed by atoms with Crippen LogP contribution in [0.15, 0.2) is 27.3 Å². The molecular formula is C14H16BrN3O2. The smallest absolute Gasteiger partial charge is 0.289 e. The van der Waals surface area contributed by atoms with E-state index < -0.39 is 0 Å². The highest BCUT2D eigenvalue weighted by Gasteiger charge is 2.28. The molecule has 1 aliphatic rings. The number of nitrogens with zero attached hydrogens (tertiary/aromatic N) is 2. The Labute approximate surface area is 125 Å². The zero-order chi connectivity index (χ0) is 14.1. The van der Waals surface area contributed by atoms with Gasteiger partial charge in [0.15, 0.2) is 10.4 Å². The van der Waals surface area contributed by atoms with Gasteiger partial charge < -0.3 is 9.32 Å². The highest BCUT2D eigenvalue weighted by atomic mass is 79.9. The van der Waals surface area contributed by atoms with E-state index in [1.165, 1.54) is 0 Å². The van der Waals surface area contributed by atoms with Gasteiger partial charge in [0.1, 0.15) is 0 Å². The number of hydrogen-bond donors (Lipinski definition) is 1. The molecule has 0 aromatic carbocycles. The molecule has 1 fully saturated rings. The molecule has 20 heavy (non-hydrogen) atoms. The molecule has 6 heteroatoms. The van der Waals surface area contributed by atoms with E-state index in [1.54, 1.807) is 12.1 Å². The monoisotopic (exact) mass is 337 g/mol. The van der Waals surface area contributed by atoms with E-state index in [0.717, 1.165) is 30.8 Å². The van der Waals surface area contributed by atoms with E-state index in [2.05, 4.69) is 32.2 Å². The first kappa shape index (κ1) is 13.4. The van der Waals surface area contributed by atoms with Gasteiger partial charge in [-0.05, 0) is 53.9 Å². The number of carbonyl (C=O) groups is 1. The Morgan fingerprint density at radius 2 is 2.40 bits per heavy atom. The second-order valence-electron chi connectivity index (χ2n) is 5.17. The van der Waals surface area contributed by atoms with Gasteiger partial charge in [-0.3, -0.25) is 9.89 Å². The fraction of sp³-hybridized carbons (Fsp3) is 0.429. The predicted octanol–water partition coefficient (Wildman–Crippen LogP) is 3.09. The number of H-pyrrole nitrogens is 1. The van der Waals surface area contributed by atoms with Crippen LogP contribution in [0.1, 0.15) is 40.7 Å². The van der Waals surface area contributed by atoms with E-state index in [4.69, 9.17) is 4.42 Å². The molecule has 1 amide bonds. The Morgan fingerprint density at radius 1 is 1.55 bits per heavy atom. The van der Waals surface area contributed by atoms with Crippen molar-refractivity contribution in [2.45, 2.75) is 25.7 Å². The largest absolute Gasteiger partial charge is 0.444 e. The number of furan rings is 1. The lowest BCUT2D eigenvalue weighted by Gasteiger charge is -2.31. The molecular weight excluding hydrogens is 322 g/mol. The van der Waals surface area contributed by atoms with Crippen LogP contribution in [0, 0.1) is 6.92 Å². The number of carbonyl (C=O) groups excluding carboxylic acids is 1. The average molecular weight is 338 g/mol. The van der Waals surface area contributed by atoms with Crippen molar-refractivity contribution in [3.63, 3.8) is 0 Å². The molecule has 1 aliphatic heterocycles. The van der Waals surface area contributed by atoms with Crippen molar-refractivity contribution in [1.29, 1.82) is 0 Å². The summed E-state index contributed by atoms with van der Waals surface area (Å²) in [7, 11) is 0. The minimum Gasteiger partial charge on any atom is -0.444 e. The zero-order valence-electron chi connectivity index (χ0n) is 11.2. The molecule has 1 unspecified atom stereocenters. The van der Waals surface area contributed by atoms with Crippen molar-refractivity contribution in [2.75, 3.05) is 13.1 Å². The number of aromatic nitrogens is 2. The second kappa shape index (κ2) is 5.44. The van der Waals surface area contributed by atoms with Gasteiger partial charge in [-0.25, -0.2) is 0 Å². The maximum Gasteiger partial charge on any atom is 0.289 e. The van der Waals surface area contributed by atoms with Crippen LogP contribution in [0.25, 0.3) is 0 Å². The van der Waals surface area contributed by atoms with Crippen LogP contribution in [-0.4, -0.2) is 34.1 Å². The molecule has 2 aromatic heterocycles. The van der Waals surface area contributed by atoms with Crippen molar-refractivity contribution >= 4 is 21.8 Å². The van der Waals surface area contributed by atoms with Crippen molar-refractivity contribution in [3.8, 4) is 0 Å². The number of rotatable bonds is 2. The fourth-order valence-electron chi connectivity index (χ4n) is 2.64. The molecule has 0 saturated carbocycles. The van der Waals surface area contributed by atoms with Crippen molar-refractivity contribution in [3.05, 3.63) is 40.0 Å². The lowest BCUT2D eigenvalue weighted by molar-refractivity contribution is 0.0672. The summed E-state index contributed by atoms with van der Waals surface area (Å²) >= 11 is 3.22. The van der Waals surface area contributed by atoms with Gasteiger partial charge in [0.2, 0.25) is 0 Å². The topological polar surface area (TPSA) is 62.1 Å². The van der Waals surface area contributed by atoms with Crippen LogP contribution in [0.2, 0.25) is 0 Å². The van der Waals surface area contributed by atoms with E-state index in [9.17, 15) is 4.79 Å². The summed E-state index contributed by atoms with van der Waals surface area (Å²) in [4.78, 5) is 14.2. The SMILES string of the molecule is Cc1cc(C2CCCN(C(=O)c3ccc(Br)o3)C2)n[nH]1. The Balaban J connectivity index is 1.73. The van der Waals surface area contributed by atoms with E-state index in [-0.39, 0.29) is 5.91 Å². The van der Waals surface area contributed by atoms with Crippen LogP contribution in [-0.2, 0) is 0 Å². The summed E-state index contributed by atoms with van der Waals surface area (Å²) in [5.41, 5.74) is 2.10. The second-order valence-corrected chi connectivity index (χ2v) is 5.95. The van der Waals surface area contributed by atoms with Gasteiger partial charge in [-0.15, -0.1) is 0 Å². The molecule has 0 radical (unpaired) electrons. The number of halogens is 1. The summed E-state index contributed by atoms with van der Waals surface area (Å²) < 4.78 is 5.93. The van der Waals surface area contributed by atoms with E-state index in [1.807, 2.05) is 11.8 Å². The highest BCUT2D eigenvalue weighted by Crippen LogP contribution is 2.27. The normalized spacial score (nSPS) is 19.3. The Morgan fingerprint density at radius 3 is 3.05 bits per heavy atom. The Bertz CT molecular complexity index is 619. The van der Waals surface area contributed by atoms with Crippen molar-refractivity contribution < 1.29 is 9.21 Å². The number of likely N-dealkylation sites (tertiary alicyclic amines) is 1.